The highest BCUT2D eigenvalue weighted by Gasteiger charge is 2.26. The number of rotatable bonds is 8. The predicted octanol–water partition coefficient (Wildman–Crippen LogP) is 3.27. The van der Waals surface area contributed by atoms with Gasteiger partial charge in [0.25, 0.3) is 0 Å². The fourth-order valence-corrected chi connectivity index (χ4v) is 1.82. The molecule has 0 aliphatic rings. The van der Waals surface area contributed by atoms with Gasteiger partial charge < -0.3 is 15.4 Å². The molecule has 0 aromatic heterocycles. The Morgan fingerprint density at radius 1 is 1.22 bits per heavy atom. The molecule has 0 radical (unpaired) electrons. The summed E-state index contributed by atoms with van der Waals surface area (Å²) in [5, 5.41) is 5.59. The van der Waals surface area contributed by atoms with Gasteiger partial charge in [0.2, 0.25) is 0 Å². The van der Waals surface area contributed by atoms with Crippen LogP contribution < -0.4 is 15.4 Å². The maximum atomic E-state index is 12.1. The van der Waals surface area contributed by atoms with E-state index >= 15 is 0 Å². The smallest absolute Gasteiger partial charge is 0.390 e. The van der Waals surface area contributed by atoms with E-state index in [9.17, 15) is 13.2 Å². The second-order valence-corrected chi connectivity index (χ2v) is 5.02. The van der Waals surface area contributed by atoms with Gasteiger partial charge in [-0.3, -0.25) is 4.99 Å². The zero-order chi connectivity index (χ0) is 17.1. The van der Waals surface area contributed by atoms with Gasteiger partial charge >= 0.3 is 6.18 Å². The molecule has 0 bridgehead atoms. The third-order valence-corrected chi connectivity index (χ3v) is 2.97. The topological polar surface area (TPSA) is 45.7 Å². The molecule has 0 saturated heterocycles. The number of nitrogens with one attached hydrogen (secondary N) is 2. The van der Waals surface area contributed by atoms with Crippen molar-refractivity contribution in [2.24, 2.45) is 4.99 Å². The van der Waals surface area contributed by atoms with Crippen molar-refractivity contribution in [2.45, 2.75) is 32.9 Å². The lowest BCUT2D eigenvalue weighted by atomic mass is 10.2. The molecule has 0 amide bonds. The zero-order valence-electron chi connectivity index (χ0n) is 13.5. The monoisotopic (exact) mass is 331 g/mol. The van der Waals surface area contributed by atoms with Crippen molar-refractivity contribution < 1.29 is 17.9 Å². The van der Waals surface area contributed by atoms with Gasteiger partial charge in [-0.1, -0.05) is 18.2 Å². The lowest BCUT2D eigenvalue weighted by molar-refractivity contribution is -0.132. The summed E-state index contributed by atoms with van der Waals surface area (Å²) in [7, 11) is 0. The number of benzene rings is 1. The van der Waals surface area contributed by atoms with Crippen LogP contribution in [0.5, 0.6) is 5.75 Å². The van der Waals surface area contributed by atoms with Crippen molar-refractivity contribution in [3.05, 3.63) is 29.8 Å². The quantitative estimate of drug-likeness (QED) is 0.437. The Kier molecular flexibility index (Phi) is 8.29. The lowest BCUT2D eigenvalue weighted by Gasteiger charge is -2.12. The number of nitrogens with zero attached hydrogens (tertiary/aromatic N) is 1. The molecule has 7 heteroatoms. The first kappa shape index (κ1) is 19.1. The van der Waals surface area contributed by atoms with Crippen LogP contribution in [-0.4, -0.2) is 38.4 Å². The number of alkyl halides is 3. The van der Waals surface area contributed by atoms with Crippen LogP contribution in [0.3, 0.4) is 0 Å². The second kappa shape index (κ2) is 9.97. The Balaban J connectivity index is 2.29. The highest BCUT2D eigenvalue weighted by Crippen LogP contribution is 2.18. The van der Waals surface area contributed by atoms with E-state index in [2.05, 4.69) is 15.6 Å². The average molecular weight is 331 g/mol. The molecule has 1 aromatic rings. The third kappa shape index (κ3) is 8.95. The van der Waals surface area contributed by atoms with Gasteiger partial charge in [0.15, 0.2) is 5.96 Å². The molecule has 1 aromatic carbocycles. The molecule has 0 saturated carbocycles. The van der Waals surface area contributed by atoms with Gasteiger partial charge in [0.1, 0.15) is 5.75 Å². The summed E-state index contributed by atoms with van der Waals surface area (Å²) in [6.07, 6.45) is -4.36. The number of aliphatic imine (C=N–C) groups is 1. The standard InChI is InChI=1S/C16H24F3N3O/c1-3-20-15(22-11-9-16(17,18)19)21-10-6-12-23-14-8-5-4-7-13(14)2/h4-5,7-8H,3,6,9-12H2,1-2H3,(H2,20,21,22). The molecule has 0 fully saturated rings. The second-order valence-electron chi connectivity index (χ2n) is 5.02. The van der Waals surface area contributed by atoms with E-state index in [1.807, 2.05) is 38.1 Å². The Bertz CT molecular complexity index is 490. The lowest BCUT2D eigenvalue weighted by Crippen LogP contribution is -2.39. The number of aryl methyl sites for hydroxylation is 1. The molecular weight excluding hydrogens is 307 g/mol. The molecule has 2 N–H and O–H groups in total. The first-order valence-electron chi connectivity index (χ1n) is 7.69. The number of ether oxygens (including phenoxy) is 1. The van der Waals surface area contributed by atoms with Crippen LogP contribution in [0.15, 0.2) is 29.3 Å². The van der Waals surface area contributed by atoms with E-state index in [0.29, 0.717) is 32.1 Å². The highest BCUT2D eigenvalue weighted by molar-refractivity contribution is 5.79. The highest BCUT2D eigenvalue weighted by atomic mass is 19.4. The molecule has 0 aliphatic carbocycles. The van der Waals surface area contributed by atoms with Crippen LogP contribution >= 0.6 is 0 Å². The maximum absolute atomic E-state index is 12.1. The summed E-state index contributed by atoms with van der Waals surface area (Å²) < 4.78 is 42.0. The van der Waals surface area contributed by atoms with Crippen molar-refractivity contribution in [3.63, 3.8) is 0 Å². The van der Waals surface area contributed by atoms with Crippen LogP contribution in [0.25, 0.3) is 0 Å². The molecule has 0 aliphatic heterocycles. The average Bonchev–Trinajstić information content (AvgIpc) is 2.47. The first-order chi connectivity index (χ1) is 10.9. The summed E-state index contributed by atoms with van der Waals surface area (Å²) >= 11 is 0. The molecular formula is C16H24F3N3O. The van der Waals surface area contributed by atoms with Gasteiger partial charge in [-0.2, -0.15) is 13.2 Å². The van der Waals surface area contributed by atoms with Crippen molar-refractivity contribution in [1.82, 2.24) is 10.6 Å². The van der Waals surface area contributed by atoms with Gasteiger partial charge in [-0.05, 0) is 25.5 Å². The van der Waals surface area contributed by atoms with Gasteiger partial charge in [-0.15, -0.1) is 0 Å². The van der Waals surface area contributed by atoms with Crippen LogP contribution in [0, 0.1) is 6.92 Å². The molecule has 130 valence electrons. The summed E-state index contributed by atoms with van der Waals surface area (Å²) in [5.41, 5.74) is 1.07. The molecule has 0 spiro atoms. The minimum atomic E-state index is -4.16. The minimum absolute atomic E-state index is 0.185. The van der Waals surface area contributed by atoms with E-state index in [4.69, 9.17) is 4.74 Å². The number of para-hydroxylation sites is 1. The summed E-state index contributed by atoms with van der Waals surface area (Å²) in [5.74, 6) is 1.24. The fraction of sp³-hybridized carbons (Fsp3) is 0.562. The fourth-order valence-electron chi connectivity index (χ4n) is 1.82. The first-order valence-corrected chi connectivity index (χ1v) is 7.69. The number of hydrogen-bond acceptors (Lipinski definition) is 2. The number of halogens is 3. The summed E-state index contributed by atoms with van der Waals surface area (Å²) in [4.78, 5) is 4.23. The van der Waals surface area contributed by atoms with E-state index in [-0.39, 0.29) is 6.54 Å². The van der Waals surface area contributed by atoms with Crippen LogP contribution in [-0.2, 0) is 0 Å². The van der Waals surface area contributed by atoms with Crippen molar-refractivity contribution in [3.8, 4) is 5.75 Å². The summed E-state index contributed by atoms with van der Waals surface area (Å²) in [6.45, 7) is 5.24. The Morgan fingerprint density at radius 2 is 1.96 bits per heavy atom. The number of guanidine groups is 1. The zero-order valence-corrected chi connectivity index (χ0v) is 13.5. The van der Waals surface area contributed by atoms with E-state index < -0.39 is 12.6 Å². The molecule has 0 heterocycles. The van der Waals surface area contributed by atoms with Crippen molar-refractivity contribution >= 4 is 5.96 Å². The normalized spacial score (nSPS) is 12.1. The molecule has 0 atom stereocenters. The largest absolute Gasteiger partial charge is 0.493 e. The SMILES string of the molecule is CCNC(=NCCCOc1ccccc1C)NCCC(F)(F)F. The number of hydrogen-bond donors (Lipinski definition) is 2. The Labute approximate surface area is 135 Å². The Hall–Kier alpha value is -1.92. The van der Waals surface area contributed by atoms with Gasteiger partial charge in [0, 0.05) is 26.1 Å². The van der Waals surface area contributed by atoms with Crippen molar-refractivity contribution in [2.75, 3.05) is 26.2 Å². The van der Waals surface area contributed by atoms with Gasteiger partial charge in [0.05, 0.1) is 13.0 Å². The third-order valence-electron chi connectivity index (χ3n) is 2.97. The molecule has 23 heavy (non-hydrogen) atoms. The van der Waals surface area contributed by atoms with E-state index in [0.717, 1.165) is 11.3 Å². The van der Waals surface area contributed by atoms with Crippen LogP contribution in [0.1, 0.15) is 25.3 Å². The minimum Gasteiger partial charge on any atom is -0.493 e. The molecule has 1 rings (SSSR count). The van der Waals surface area contributed by atoms with Crippen LogP contribution in [0.2, 0.25) is 0 Å². The van der Waals surface area contributed by atoms with E-state index in [1.165, 1.54) is 0 Å². The predicted molar refractivity (Wildman–Crippen MR) is 85.9 cm³/mol. The van der Waals surface area contributed by atoms with Gasteiger partial charge in [-0.25, -0.2) is 0 Å². The summed E-state index contributed by atoms with van der Waals surface area (Å²) in [6, 6.07) is 7.73. The van der Waals surface area contributed by atoms with E-state index in [1.54, 1.807) is 0 Å². The Morgan fingerprint density at radius 3 is 2.61 bits per heavy atom. The maximum Gasteiger partial charge on any atom is 0.390 e. The molecule has 0 unspecified atom stereocenters. The van der Waals surface area contributed by atoms with Crippen LogP contribution in [0.4, 0.5) is 13.2 Å². The molecule has 4 nitrogen and oxygen atoms in total. The van der Waals surface area contributed by atoms with Crippen molar-refractivity contribution in [1.29, 1.82) is 0 Å².